The Labute approximate surface area is 152 Å². The van der Waals surface area contributed by atoms with Crippen molar-refractivity contribution in [2.45, 2.75) is 26.8 Å². The fourth-order valence-corrected chi connectivity index (χ4v) is 2.45. The van der Waals surface area contributed by atoms with Gasteiger partial charge < -0.3 is 5.32 Å². The quantitative estimate of drug-likeness (QED) is 0.816. The summed E-state index contributed by atoms with van der Waals surface area (Å²) in [6, 6.07) is 14.7. The number of benzene rings is 2. The Kier molecular flexibility index (Phi) is 5.61. The van der Waals surface area contributed by atoms with Crippen LogP contribution in [0.25, 0.3) is 0 Å². The van der Waals surface area contributed by atoms with E-state index in [1.54, 1.807) is 69.3 Å². The first-order valence-corrected chi connectivity index (χ1v) is 8.25. The molecule has 0 aliphatic carbocycles. The van der Waals surface area contributed by atoms with Gasteiger partial charge in [0, 0.05) is 27.6 Å². The molecule has 0 saturated heterocycles. The van der Waals surface area contributed by atoms with Gasteiger partial charge in [-0.1, -0.05) is 37.6 Å². The number of nitrogens with one attached hydrogen (secondary N) is 1. The number of hydrogen-bond donors (Lipinski definition) is 1. The molecule has 2 aromatic carbocycles. The second-order valence-electron chi connectivity index (χ2n) is 6.44. The van der Waals surface area contributed by atoms with E-state index in [4.69, 9.17) is 16.9 Å². The summed E-state index contributed by atoms with van der Waals surface area (Å²) in [6.07, 6.45) is 0. The minimum atomic E-state index is -0.809. The molecule has 128 valence electrons. The molecular weight excluding hydrogens is 336 g/mol. The third-order valence-corrected chi connectivity index (χ3v) is 4.65. The number of rotatable bonds is 5. The molecule has 2 aromatic rings. The first kappa shape index (κ1) is 18.7. The Balaban J connectivity index is 2.13. The van der Waals surface area contributed by atoms with Gasteiger partial charge in [-0.25, -0.2) is 0 Å². The van der Waals surface area contributed by atoms with Gasteiger partial charge in [-0.2, -0.15) is 5.26 Å². The van der Waals surface area contributed by atoms with E-state index in [1.165, 1.54) is 0 Å². The van der Waals surface area contributed by atoms with Gasteiger partial charge in [-0.3, -0.25) is 9.59 Å². The molecule has 0 aliphatic rings. The largest absolute Gasteiger partial charge is 0.349 e. The van der Waals surface area contributed by atoms with Crippen molar-refractivity contribution >= 4 is 23.3 Å². The molecule has 0 fully saturated rings. The standard InChI is InChI=1S/C20H19ClN2O2/c1-13(23-19(25)16-8-10-17(21)11-9-16)20(2,3)18(24)15-6-4-14(12-22)5-7-15/h4-11,13H,1-3H3,(H,23,25). The fourth-order valence-electron chi connectivity index (χ4n) is 2.33. The lowest BCUT2D eigenvalue weighted by molar-refractivity contribution is 0.0759. The number of Topliss-reactive ketones (excluding diaryl/α,β-unsaturated/α-hetero) is 1. The normalized spacial score (nSPS) is 12.1. The first-order chi connectivity index (χ1) is 11.8. The second kappa shape index (κ2) is 7.50. The molecule has 1 atom stereocenters. The van der Waals surface area contributed by atoms with E-state index >= 15 is 0 Å². The van der Waals surface area contributed by atoms with Crippen molar-refractivity contribution in [2.75, 3.05) is 0 Å². The van der Waals surface area contributed by atoms with Crippen molar-refractivity contribution in [3.8, 4) is 6.07 Å². The summed E-state index contributed by atoms with van der Waals surface area (Å²) in [5.41, 5.74) is 0.684. The summed E-state index contributed by atoms with van der Waals surface area (Å²) in [4.78, 5) is 25.2. The molecule has 0 radical (unpaired) electrons. The van der Waals surface area contributed by atoms with Gasteiger partial charge in [0.2, 0.25) is 0 Å². The van der Waals surface area contributed by atoms with Gasteiger partial charge in [0.05, 0.1) is 11.6 Å². The van der Waals surface area contributed by atoms with E-state index < -0.39 is 5.41 Å². The average molecular weight is 355 g/mol. The molecule has 1 unspecified atom stereocenters. The summed E-state index contributed by atoms with van der Waals surface area (Å²) < 4.78 is 0. The topological polar surface area (TPSA) is 70.0 Å². The maximum Gasteiger partial charge on any atom is 0.251 e. The molecule has 0 aromatic heterocycles. The van der Waals surface area contributed by atoms with Crippen LogP contribution in [-0.4, -0.2) is 17.7 Å². The Morgan fingerprint density at radius 2 is 1.56 bits per heavy atom. The summed E-state index contributed by atoms with van der Waals surface area (Å²) in [6.45, 7) is 5.38. The lowest BCUT2D eigenvalue weighted by atomic mass is 9.78. The van der Waals surface area contributed by atoms with Gasteiger partial charge >= 0.3 is 0 Å². The molecular formula is C20H19ClN2O2. The highest BCUT2D eigenvalue weighted by molar-refractivity contribution is 6.30. The number of carbonyl (C=O) groups excluding carboxylic acids is 2. The van der Waals surface area contributed by atoms with Gasteiger partial charge in [0.25, 0.3) is 5.91 Å². The number of amides is 1. The number of carbonyl (C=O) groups is 2. The zero-order valence-corrected chi connectivity index (χ0v) is 15.1. The molecule has 0 spiro atoms. The summed E-state index contributed by atoms with van der Waals surface area (Å²) in [5.74, 6) is -0.356. The molecule has 2 rings (SSSR count). The van der Waals surface area contributed by atoms with E-state index in [9.17, 15) is 9.59 Å². The third kappa shape index (κ3) is 4.26. The maximum absolute atomic E-state index is 12.8. The van der Waals surface area contributed by atoms with Crippen LogP contribution in [0.5, 0.6) is 0 Å². The van der Waals surface area contributed by atoms with Crippen LogP contribution >= 0.6 is 11.6 Å². The van der Waals surface area contributed by atoms with Crippen LogP contribution in [0.1, 0.15) is 47.1 Å². The Bertz CT molecular complexity index is 818. The average Bonchev–Trinajstić information content (AvgIpc) is 2.61. The Hall–Kier alpha value is -2.64. The Morgan fingerprint density at radius 3 is 2.08 bits per heavy atom. The highest BCUT2D eigenvalue weighted by Crippen LogP contribution is 2.27. The lowest BCUT2D eigenvalue weighted by Gasteiger charge is -2.31. The first-order valence-electron chi connectivity index (χ1n) is 7.87. The molecule has 1 N–H and O–H groups in total. The van der Waals surface area contributed by atoms with Crippen LogP contribution in [0.4, 0.5) is 0 Å². The number of hydrogen-bond acceptors (Lipinski definition) is 3. The van der Waals surface area contributed by atoms with E-state index in [1.807, 2.05) is 6.07 Å². The molecule has 0 saturated carbocycles. The number of nitriles is 1. The highest BCUT2D eigenvalue weighted by Gasteiger charge is 2.35. The zero-order chi connectivity index (χ0) is 18.6. The molecule has 25 heavy (non-hydrogen) atoms. The number of ketones is 1. The van der Waals surface area contributed by atoms with Crippen LogP contribution < -0.4 is 5.32 Å². The van der Waals surface area contributed by atoms with E-state index in [-0.39, 0.29) is 17.7 Å². The zero-order valence-electron chi connectivity index (χ0n) is 14.3. The van der Waals surface area contributed by atoms with E-state index in [2.05, 4.69) is 5.32 Å². The minimum Gasteiger partial charge on any atom is -0.349 e. The number of halogens is 1. The van der Waals surface area contributed by atoms with E-state index in [0.717, 1.165) is 0 Å². The van der Waals surface area contributed by atoms with E-state index in [0.29, 0.717) is 21.7 Å². The van der Waals surface area contributed by atoms with Crippen LogP contribution in [0.15, 0.2) is 48.5 Å². The van der Waals surface area contributed by atoms with Gasteiger partial charge in [-0.15, -0.1) is 0 Å². The molecule has 0 bridgehead atoms. The summed E-state index contributed by atoms with van der Waals surface area (Å²) >= 11 is 5.83. The molecule has 0 heterocycles. The fraction of sp³-hybridized carbons (Fsp3) is 0.250. The van der Waals surface area contributed by atoms with Crippen molar-refractivity contribution < 1.29 is 9.59 Å². The van der Waals surface area contributed by atoms with Crippen molar-refractivity contribution in [1.82, 2.24) is 5.32 Å². The molecule has 4 nitrogen and oxygen atoms in total. The Morgan fingerprint density at radius 1 is 1.04 bits per heavy atom. The summed E-state index contributed by atoms with van der Waals surface area (Å²) in [5, 5.41) is 12.3. The van der Waals surface area contributed by atoms with Gasteiger partial charge in [0.15, 0.2) is 5.78 Å². The summed E-state index contributed by atoms with van der Waals surface area (Å²) in [7, 11) is 0. The molecule has 1 amide bonds. The van der Waals surface area contributed by atoms with Crippen LogP contribution in [0.2, 0.25) is 5.02 Å². The van der Waals surface area contributed by atoms with Crippen molar-refractivity contribution in [1.29, 1.82) is 5.26 Å². The molecule has 0 aliphatic heterocycles. The van der Waals surface area contributed by atoms with Crippen LogP contribution in [0, 0.1) is 16.7 Å². The van der Waals surface area contributed by atoms with Gasteiger partial charge in [-0.05, 0) is 43.3 Å². The maximum atomic E-state index is 12.8. The SMILES string of the molecule is CC(NC(=O)c1ccc(Cl)cc1)C(C)(C)C(=O)c1ccc(C#N)cc1. The predicted octanol–water partition coefficient (Wildman–Crippen LogP) is 4.24. The van der Waals surface area contributed by atoms with Crippen molar-refractivity contribution in [2.24, 2.45) is 5.41 Å². The number of nitrogens with zero attached hydrogens (tertiary/aromatic N) is 1. The molecule has 5 heteroatoms. The van der Waals surface area contributed by atoms with Crippen LogP contribution in [0.3, 0.4) is 0 Å². The van der Waals surface area contributed by atoms with Crippen LogP contribution in [-0.2, 0) is 0 Å². The third-order valence-electron chi connectivity index (χ3n) is 4.40. The highest BCUT2D eigenvalue weighted by atomic mass is 35.5. The van der Waals surface area contributed by atoms with Crippen molar-refractivity contribution in [3.63, 3.8) is 0 Å². The lowest BCUT2D eigenvalue weighted by Crippen LogP contribution is -2.47. The minimum absolute atomic E-state index is 0.0964. The van der Waals surface area contributed by atoms with Crippen molar-refractivity contribution in [3.05, 3.63) is 70.2 Å². The monoisotopic (exact) mass is 354 g/mol. The van der Waals surface area contributed by atoms with Gasteiger partial charge in [0.1, 0.15) is 0 Å². The smallest absolute Gasteiger partial charge is 0.251 e. The predicted molar refractivity (Wildman–Crippen MR) is 97.6 cm³/mol. The second-order valence-corrected chi connectivity index (χ2v) is 6.88.